The summed E-state index contributed by atoms with van der Waals surface area (Å²) in [5.41, 5.74) is 1.04. The Morgan fingerprint density at radius 2 is 1.80 bits per heavy atom. The van der Waals surface area contributed by atoms with Crippen molar-refractivity contribution in [3.63, 3.8) is 0 Å². The molecule has 0 saturated carbocycles. The molecule has 1 aliphatic rings. The Kier molecular flexibility index (Phi) is 5.93. The second-order valence-electron chi connectivity index (χ2n) is 6.28. The first kappa shape index (κ1) is 17.3. The van der Waals surface area contributed by atoms with Crippen LogP contribution >= 0.6 is 0 Å². The first-order valence-electron chi connectivity index (χ1n) is 8.84. The van der Waals surface area contributed by atoms with Gasteiger partial charge in [0, 0.05) is 19.6 Å². The zero-order chi connectivity index (χ0) is 17.5. The number of benzene rings is 1. The predicted molar refractivity (Wildman–Crippen MR) is 95.0 cm³/mol. The summed E-state index contributed by atoms with van der Waals surface area (Å²) >= 11 is 0. The van der Waals surface area contributed by atoms with Gasteiger partial charge in [-0.25, -0.2) is 4.39 Å². The second kappa shape index (κ2) is 8.55. The molecule has 1 N–H and O–H groups in total. The van der Waals surface area contributed by atoms with Gasteiger partial charge in [0.25, 0.3) is 5.91 Å². The Morgan fingerprint density at radius 3 is 2.48 bits per heavy atom. The molecule has 1 aromatic carbocycles. The van der Waals surface area contributed by atoms with Crippen LogP contribution in [0.3, 0.4) is 0 Å². The highest BCUT2D eigenvalue weighted by Gasteiger charge is 2.18. The van der Waals surface area contributed by atoms with Crippen LogP contribution in [0.25, 0.3) is 0 Å². The monoisotopic (exact) mass is 342 g/mol. The SMILES string of the molecule is O=C(c1ccc(NCCc2ccccc2F)nn1)N1CCCCCC1. The number of likely N-dealkylation sites (tertiary alicyclic amines) is 1. The third-order valence-corrected chi connectivity index (χ3v) is 4.44. The number of amides is 1. The molecule has 1 aromatic heterocycles. The van der Waals surface area contributed by atoms with Crippen molar-refractivity contribution < 1.29 is 9.18 Å². The average Bonchev–Trinajstić information content (AvgIpc) is 2.93. The third-order valence-electron chi connectivity index (χ3n) is 4.44. The lowest BCUT2D eigenvalue weighted by atomic mass is 10.1. The number of carbonyl (C=O) groups excluding carboxylic acids is 1. The van der Waals surface area contributed by atoms with Crippen LogP contribution in [-0.2, 0) is 6.42 Å². The Hall–Kier alpha value is -2.50. The highest BCUT2D eigenvalue weighted by molar-refractivity contribution is 5.92. The van der Waals surface area contributed by atoms with Crippen molar-refractivity contribution in [2.75, 3.05) is 25.0 Å². The number of carbonyl (C=O) groups is 1. The highest BCUT2D eigenvalue weighted by Crippen LogP contribution is 2.13. The van der Waals surface area contributed by atoms with Crippen molar-refractivity contribution in [1.29, 1.82) is 0 Å². The lowest BCUT2D eigenvalue weighted by Crippen LogP contribution is -2.32. The summed E-state index contributed by atoms with van der Waals surface area (Å²) in [6.45, 7) is 2.14. The van der Waals surface area contributed by atoms with E-state index in [1.165, 1.54) is 18.9 Å². The third kappa shape index (κ3) is 4.75. The number of halogens is 1. The van der Waals surface area contributed by atoms with Crippen molar-refractivity contribution in [3.05, 3.63) is 53.5 Å². The van der Waals surface area contributed by atoms with E-state index in [1.54, 1.807) is 24.3 Å². The molecule has 1 saturated heterocycles. The minimum Gasteiger partial charge on any atom is -0.368 e. The van der Waals surface area contributed by atoms with Crippen LogP contribution in [0, 0.1) is 5.82 Å². The van der Waals surface area contributed by atoms with Gasteiger partial charge in [-0.15, -0.1) is 10.2 Å². The van der Waals surface area contributed by atoms with Gasteiger partial charge in [-0.05, 0) is 43.0 Å². The smallest absolute Gasteiger partial charge is 0.274 e. The molecule has 1 fully saturated rings. The molecule has 0 radical (unpaired) electrons. The molecule has 2 aromatic rings. The molecule has 132 valence electrons. The predicted octanol–water partition coefficient (Wildman–Crippen LogP) is 3.29. The van der Waals surface area contributed by atoms with Gasteiger partial charge in [-0.1, -0.05) is 31.0 Å². The van der Waals surface area contributed by atoms with Crippen LogP contribution in [0.1, 0.15) is 41.7 Å². The molecule has 0 unspecified atom stereocenters. The van der Waals surface area contributed by atoms with E-state index >= 15 is 0 Å². The average molecular weight is 342 g/mol. The summed E-state index contributed by atoms with van der Waals surface area (Å²) in [4.78, 5) is 14.3. The van der Waals surface area contributed by atoms with Crippen LogP contribution in [-0.4, -0.2) is 40.6 Å². The van der Waals surface area contributed by atoms with Crippen molar-refractivity contribution >= 4 is 11.7 Å². The highest BCUT2D eigenvalue weighted by atomic mass is 19.1. The van der Waals surface area contributed by atoms with Gasteiger partial charge in [0.1, 0.15) is 11.6 Å². The summed E-state index contributed by atoms with van der Waals surface area (Å²) in [5.74, 6) is 0.338. The maximum atomic E-state index is 13.6. The number of nitrogens with zero attached hydrogens (tertiary/aromatic N) is 3. The maximum absolute atomic E-state index is 13.6. The van der Waals surface area contributed by atoms with Crippen LogP contribution < -0.4 is 5.32 Å². The number of anilines is 1. The molecule has 0 atom stereocenters. The van der Waals surface area contributed by atoms with E-state index in [-0.39, 0.29) is 11.7 Å². The Balaban J connectivity index is 1.53. The summed E-state index contributed by atoms with van der Waals surface area (Å²) in [6.07, 6.45) is 5.02. The number of hydrogen-bond acceptors (Lipinski definition) is 4. The molecule has 25 heavy (non-hydrogen) atoms. The normalized spacial score (nSPS) is 14.8. The van der Waals surface area contributed by atoms with Crippen LogP contribution in [0.15, 0.2) is 36.4 Å². The lowest BCUT2D eigenvalue weighted by Gasteiger charge is -2.19. The van der Waals surface area contributed by atoms with E-state index in [9.17, 15) is 9.18 Å². The zero-order valence-electron chi connectivity index (χ0n) is 14.2. The van der Waals surface area contributed by atoms with Gasteiger partial charge in [0.05, 0.1) is 0 Å². The van der Waals surface area contributed by atoms with Crippen molar-refractivity contribution in [2.45, 2.75) is 32.1 Å². The summed E-state index contributed by atoms with van der Waals surface area (Å²) in [7, 11) is 0. The molecule has 0 spiro atoms. The Morgan fingerprint density at radius 1 is 1.04 bits per heavy atom. The van der Waals surface area contributed by atoms with Crippen molar-refractivity contribution in [3.8, 4) is 0 Å². The Bertz CT molecular complexity index is 697. The fourth-order valence-corrected chi connectivity index (χ4v) is 3.00. The first-order chi connectivity index (χ1) is 12.2. The van der Waals surface area contributed by atoms with Gasteiger partial charge in [0.15, 0.2) is 5.69 Å². The minimum atomic E-state index is -0.200. The van der Waals surface area contributed by atoms with E-state index in [0.717, 1.165) is 25.9 Å². The first-order valence-corrected chi connectivity index (χ1v) is 8.84. The molecule has 6 heteroatoms. The summed E-state index contributed by atoms with van der Waals surface area (Å²) in [5, 5.41) is 11.2. The summed E-state index contributed by atoms with van der Waals surface area (Å²) < 4.78 is 13.6. The van der Waals surface area contributed by atoms with Gasteiger partial charge < -0.3 is 10.2 Å². The van der Waals surface area contributed by atoms with E-state index in [2.05, 4.69) is 15.5 Å². The molecule has 0 aliphatic carbocycles. The molecule has 1 amide bonds. The standard InChI is InChI=1S/C19H23FN4O/c20-16-8-4-3-7-15(16)11-12-21-18-10-9-17(22-23-18)19(25)24-13-5-1-2-6-14-24/h3-4,7-10H,1-2,5-6,11-14H2,(H,21,23). The van der Waals surface area contributed by atoms with Crippen molar-refractivity contribution in [2.24, 2.45) is 0 Å². The van der Waals surface area contributed by atoms with Gasteiger partial charge >= 0.3 is 0 Å². The molecule has 3 rings (SSSR count). The molecular weight excluding hydrogens is 319 g/mol. The fraction of sp³-hybridized carbons (Fsp3) is 0.421. The zero-order valence-corrected chi connectivity index (χ0v) is 14.2. The largest absolute Gasteiger partial charge is 0.368 e. The Labute approximate surface area is 147 Å². The molecule has 5 nitrogen and oxygen atoms in total. The van der Waals surface area contributed by atoms with E-state index in [4.69, 9.17) is 0 Å². The fourth-order valence-electron chi connectivity index (χ4n) is 3.00. The van der Waals surface area contributed by atoms with Gasteiger partial charge in [0.2, 0.25) is 0 Å². The molecule has 1 aliphatic heterocycles. The van der Waals surface area contributed by atoms with E-state index in [0.29, 0.717) is 30.0 Å². The second-order valence-corrected chi connectivity index (χ2v) is 6.28. The van der Waals surface area contributed by atoms with E-state index in [1.807, 2.05) is 11.0 Å². The molecule has 0 bridgehead atoms. The van der Waals surface area contributed by atoms with Crippen LogP contribution in [0.2, 0.25) is 0 Å². The van der Waals surface area contributed by atoms with Crippen LogP contribution in [0.5, 0.6) is 0 Å². The quantitative estimate of drug-likeness (QED) is 0.906. The number of hydrogen-bond donors (Lipinski definition) is 1. The summed E-state index contributed by atoms with van der Waals surface area (Å²) in [6, 6.07) is 10.2. The minimum absolute atomic E-state index is 0.0488. The number of rotatable bonds is 5. The molecule has 2 heterocycles. The topological polar surface area (TPSA) is 58.1 Å². The van der Waals surface area contributed by atoms with Crippen LogP contribution in [0.4, 0.5) is 10.2 Å². The van der Waals surface area contributed by atoms with Crippen molar-refractivity contribution in [1.82, 2.24) is 15.1 Å². The lowest BCUT2D eigenvalue weighted by molar-refractivity contribution is 0.0754. The van der Waals surface area contributed by atoms with E-state index < -0.39 is 0 Å². The number of nitrogens with one attached hydrogen (secondary N) is 1. The number of aromatic nitrogens is 2. The van der Waals surface area contributed by atoms with Gasteiger partial charge in [-0.3, -0.25) is 4.79 Å². The van der Waals surface area contributed by atoms with Gasteiger partial charge in [-0.2, -0.15) is 0 Å². The maximum Gasteiger partial charge on any atom is 0.274 e. The molecular formula is C19H23FN4O.